The van der Waals surface area contributed by atoms with Crippen LogP contribution in [0.5, 0.6) is 0 Å². The second-order valence-corrected chi connectivity index (χ2v) is 13.4. The largest absolute Gasteiger partial charge is 0.481 e. The van der Waals surface area contributed by atoms with Crippen molar-refractivity contribution in [2.45, 2.75) is 119 Å². The number of aliphatic hydroxyl groups excluding tert-OH is 1. The molecule has 0 aromatic rings. The number of rotatable bonds is 1. The highest BCUT2D eigenvalue weighted by Gasteiger charge is 2.65. The smallest absolute Gasteiger partial charge is 0.310 e. The first-order valence-electron chi connectivity index (χ1n) is 14.1. The Labute approximate surface area is 202 Å². The van der Waals surface area contributed by atoms with Gasteiger partial charge in [-0.2, -0.15) is 0 Å². The van der Waals surface area contributed by atoms with Crippen LogP contribution in [0.1, 0.15) is 113 Å². The lowest BCUT2D eigenvalue weighted by Crippen LogP contribution is -2.62. The van der Waals surface area contributed by atoms with Gasteiger partial charge in [0, 0.05) is 0 Å². The Morgan fingerprint density at radius 2 is 1.58 bits per heavy atom. The maximum atomic E-state index is 12.6. The van der Waals surface area contributed by atoms with Crippen molar-refractivity contribution in [3.05, 3.63) is 11.6 Å². The second-order valence-electron chi connectivity index (χ2n) is 13.4. The molecule has 2 N–H and O–H groups in total. The lowest BCUT2D eigenvalue weighted by molar-refractivity contribution is -0.188. The molecule has 9 atom stereocenters. The number of aliphatic hydroxyl groups is 1. The van der Waals surface area contributed by atoms with Crippen molar-refractivity contribution in [3.63, 3.8) is 0 Å². The van der Waals surface area contributed by atoms with Gasteiger partial charge in [0.15, 0.2) is 0 Å². The van der Waals surface area contributed by atoms with E-state index in [2.05, 4.69) is 40.7 Å². The Kier molecular flexibility index (Phi) is 6.42. The third kappa shape index (κ3) is 3.34. The van der Waals surface area contributed by atoms with E-state index < -0.39 is 11.4 Å². The van der Waals surface area contributed by atoms with Gasteiger partial charge in [0.05, 0.1) is 11.5 Å². The fraction of sp³-hybridized carbons (Fsp3) is 0.900. The predicted molar refractivity (Wildman–Crippen MR) is 135 cm³/mol. The fourth-order valence-electron chi connectivity index (χ4n) is 10.4. The third-order valence-electron chi connectivity index (χ3n) is 12.0. The molecule has 0 amide bonds. The molecular formula is C30H50O3. The van der Waals surface area contributed by atoms with Crippen LogP contribution in [0, 0.1) is 51.2 Å². The van der Waals surface area contributed by atoms with Crippen molar-refractivity contribution >= 4 is 5.97 Å². The van der Waals surface area contributed by atoms with Gasteiger partial charge in [-0.25, -0.2) is 0 Å². The molecule has 0 heterocycles. The Hall–Kier alpha value is -0.830. The molecule has 8 unspecified atom stereocenters. The van der Waals surface area contributed by atoms with E-state index in [4.69, 9.17) is 0 Å². The van der Waals surface area contributed by atoms with Crippen LogP contribution in [-0.4, -0.2) is 22.3 Å². The van der Waals surface area contributed by atoms with Gasteiger partial charge in [-0.1, -0.05) is 73.0 Å². The topological polar surface area (TPSA) is 57.5 Å². The van der Waals surface area contributed by atoms with E-state index in [1.807, 2.05) is 13.8 Å². The summed E-state index contributed by atoms with van der Waals surface area (Å²) in [5, 5.41) is 21.2. The van der Waals surface area contributed by atoms with E-state index in [0.717, 1.165) is 44.9 Å². The van der Waals surface area contributed by atoms with Crippen molar-refractivity contribution < 1.29 is 15.0 Å². The highest BCUT2D eigenvalue weighted by Crippen LogP contribution is 2.71. The van der Waals surface area contributed by atoms with Crippen LogP contribution in [0.2, 0.25) is 0 Å². The first-order chi connectivity index (χ1) is 15.5. The maximum absolute atomic E-state index is 12.6. The Bertz CT molecular complexity index is 798. The van der Waals surface area contributed by atoms with Gasteiger partial charge in [-0.3, -0.25) is 4.79 Å². The molecule has 0 aliphatic heterocycles. The molecule has 5 aliphatic rings. The summed E-state index contributed by atoms with van der Waals surface area (Å²) in [5.41, 5.74) is 1.56. The molecule has 0 bridgehead atoms. The van der Waals surface area contributed by atoms with Crippen molar-refractivity contribution in [2.24, 2.45) is 51.2 Å². The van der Waals surface area contributed by atoms with E-state index in [0.29, 0.717) is 23.7 Å². The molecule has 0 aromatic carbocycles. The number of carboxylic acids is 1. The van der Waals surface area contributed by atoms with Crippen molar-refractivity contribution in [1.82, 2.24) is 0 Å². The molecule has 0 radical (unpaired) electrons. The average Bonchev–Trinajstić information content (AvgIpc) is 2.77. The molecule has 5 aliphatic carbocycles. The predicted octanol–water partition coefficient (Wildman–Crippen LogP) is 7.48. The summed E-state index contributed by atoms with van der Waals surface area (Å²) in [4.78, 5) is 12.6. The van der Waals surface area contributed by atoms with Crippen LogP contribution >= 0.6 is 0 Å². The lowest BCUT2D eigenvalue weighted by Gasteiger charge is -2.68. The molecular weight excluding hydrogens is 408 g/mol. The third-order valence-corrected chi connectivity index (χ3v) is 12.0. The first kappa shape index (κ1) is 25.3. The number of carboxylic acid groups (broad SMARTS) is 1. The molecule has 33 heavy (non-hydrogen) atoms. The number of fused-ring (bicyclic) bond motifs is 7. The normalized spacial score (nSPS) is 50.2. The van der Waals surface area contributed by atoms with E-state index in [9.17, 15) is 15.0 Å². The van der Waals surface area contributed by atoms with Crippen molar-refractivity contribution in [1.29, 1.82) is 0 Å². The van der Waals surface area contributed by atoms with Gasteiger partial charge in [-0.05, 0) is 97.2 Å². The molecule has 3 heteroatoms. The quantitative estimate of drug-likeness (QED) is 0.400. The van der Waals surface area contributed by atoms with Crippen LogP contribution in [0.3, 0.4) is 0 Å². The summed E-state index contributed by atoms with van der Waals surface area (Å²) >= 11 is 0. The van der Waals surface area contributed by atoms with Crippen LogP contribution in [0.15, 0.2) is 11.6 Å². The Balaban J connectivity index is 0.00000126. The molecule has 5 rings (SSSR count). The zero-order chi connectivity index (χ0) is 24.4. The van der Waals surface area contributed by atoms with Crippen LogP contribution in [0.25, 0.3) is 0 Å². The van der Waals surface area contributed by atoms with Gasteiger partial charge < -0.3 is 10.2 Å². The number of hydrogen-bond acceptors (Lipinski definition) is 2. The van der Waals surface area contributed by atoms with Crippen molar-refractivity contribution in [2.75, 3.05) is 0 Å². The molecule has 0 aromatic heterocycles. The molecule has 0 saturated heterocycles. The lowest BCUT2D eigenvalue weighted by atomic mass is 9.37. The monoisotopic (exact) mass is 458 g/mol. The maximum Gasteiger partial charge on any atom is 0.310 e. The van der Waals surface area contributed by atoms with Crippen LogP contribution < -0.4 is 0 Å². The van der Waals surface area contributed by atoms with Gasteiger partial charge in [0.25, 0.3) is 0 Å². The SMILES string of the molecule is CC.CC1CCCC2(C(=O)O)CCC3C(=CCC4C3(C)CCC3C(C)(C)C(O)CCC34C)[C@H]12. The minimum Gasteiger partial charge on any atom is -0.481 e. The highest BCUT2D eigenvalue weighted by molar-refractivity contribution is 5.76. The molecule has 4 fully saturated rings. The number of aliphatic carboxylic acids is 1. The van der Waals surface area contributed by atoms with Crippen LogP contribution in [0.4, 0.5) is 0 Å². The molecule has 4 saturated carbocycles. The summed E-state index contributed by atoms with van der Waals surface area (Å²) < 4.78 is 0. The van der Waals surface area contributed by atoms with Gasteiger partial charge in [-0.15, -0.1) is 0 Å². The highest BCUT2D eigenvalue weighted by atomic mass is 16.4. The standard InChI is InChI=1S/C28H44O3.C2H6/c1-17-7-6-13-28(24(30)31)16-10-19-18(23(17)28)8-9-21-26(19,4)14-11-20-25(2,3)22(29)12-15-27(20,21)5;1-2/h8,17,19-23,29H,6-7,9-16H2,1-5H3,(H,30,31);1-2H3/t17?,19?,20?,21?,22?,23-,26?,27?,28?;/m0./s1. The minimum atomic E-state index is -0.533. The van der Waals surface area contributed by atoms with Gasteiger partial charge in [0.2, 0.25) is 0 Å². The van der Waals surface area contributed by atoms with Gasteiger partial charge >= 0.3 is 5.97 Å². The van der Waals surface area contributed by atoms with E-state index >= 15 is 0 Å². The van der Waals surface area contributed by atoms with E-state index in [1.54, 1.807) is 0 Å². The minimum absolute atomic E-state index is 0.0127. The Morgan fingerprint density at radius 1 is 0.909 bits per heavy atom. The van der Waals surface area contributed by atoms with Gasteiger partial charge in [0.1, 0.15) is 0 Å². The number of hydrogen-bond donors (Lipinski definition) is 2. The molecule has 3 nitrogen and oxygen atoms in total. The Morgan fingerprint density at radius 3 is 2.24 bits per heavy atom. The second kappa shape index (κ2) is 8.38. The summed E-state index contributed by atoms with van der Waals surface area (Å²) in [6.45, 7) is 16.0. The van der Waals surface area contributed by atoms with E-state index in [-0.39, 0.29) is 28.3 Å². The van der Waals surface area contributed by atoms with E-state index in [1.165, 1.54) is 24.8 Å². The fourth-order valence-corrected chi connectivity index (χ4v) is 10.4. The summed E-state index contributed by atoms with van der Waals surface area (Å²) in [7, 11) is 0. The summed E-state index contributed by atoms with van der Waals surface area (Å²) in [6.07, 6.45) is 13.0. The zero-order valence-electron chi connectivity index (χ0n) is 22.4. The first-order valence-corrected chi connectivity index (χ1v) is 14.1. The van der Waals surface area contributed by atoms with Crippen LogP contribution in [-0.2, 0) is 4.79 Å². The number of carbonyl (C=O) groups is 1. The van der Waals surface area contributed by atoms with Crippen molar-refractivity contribution in [3.8, 4) is 0 Å². The summed E-state index contributed by atoms with van der Waals surface area (Å²) in [6, 6.07) is 0. The molecule has 0 spiro atoms. The molecule has 188 valence electrons. The zero-order valence-corrected chi connectivity index (χ0v) is 22.4. The average molecular weight is 459 g/mol. The summed E-state index contributed by atoms with van der Waals surface area (Å²) in [5.74, 6) is 1.97. The number of allylic oxidation sites excluding steroid dienone is 2.